The van der Waals surface area contributed by atoms with Crippen molar-refractivity contribution in [2.24, 2.45) is 34.5 Å². The van der Waals surface area contributed by atoms with Crippen LogP contribution in [0.15, 0.2) is 72.8 Å². The standard InChI is InChI=1S/C29H41NO3.C27H37NO3.C2H6O.H2NO.Na/c1-5-32-28(31)24-7-6-16-30(20-24)19-21-8-9-23-18-27(13-10-22(23)17-21)33-26-14-11-25(12-15-26)29(2,3)4;1-27(2,3)23-9-12-24(13-10-23)31-25-11-8-20-15-19(6-7-21(20)16-25)17-28-14-4-5-22(18-28)26(29)30;1-2-3;1-2;/h8-10,13,17-18,24-26H,5-7,11-12,14-16,19-20H2,1-4H3;6-8,11,15-16,22-24H,4-5,9-10,12-14,17-18H2,1-3H3,(H,29,30);3H,2H2,1H3;1-2H;/q;;;-1;+1/t24-,25?,26?;22-,23?,24?;;;/m00.../s1. The second-order valence-electron chi connectivity index (χ2n) is 22.2. The smallest absolute Gasteiger partial charge is 0.553 e. The molecular weight excluding hydrogens is 890 g/mol. The van der Waals surface area contributed by atoms with Gasteiger partial charge < -0.3 is 35.5 Å². The molecule has 4 aromatic carbocycles. The van der Waals surface area contributed by atoms with Crippen LogP contribution in [0.3, 0.4) is 0 Å². The first-order valence-electron chi connectivity index (χ1n) is 26.1. The van der Waals surface area contributed by atoms with Crippen molar-refractivity contribution in [1.29, 1.82) is 0 Å². The quantitative estimate of drug-likeness (QED) is 0.0752. The molecule has 0 spiro atoms. The van der Waals surface area contributed by atoms with E-state index in [9.17, 15) is 14.7 Å². The van der Waals surface area contributed by atoms with Gasteiger partial charge in [-0.3, -0.25) is 19.4 Å². The molecule has 12 heteroatoms. The van der Waals surface area contributed by atoms with Crippen molar-refractivity contribution in [3.8, 4) is 11.5 Å². The van der Waals surface area contributed by atoms with Crippen LogP contribution in [0, 0.1) is 34.5 Å². The van der Waals surface area contributed by atoms with Gasteiger partial charge in [-0.1, -0.05) is 77.9 Å². The zero-order valence-electron chi connectivity index (χ0n) is 44.3. The Hall–Kier alpha value is -3.26. The number of aliphatic hydroxyl groups is 1. The molecule has 0 bridgehead atoms. The van der Waals surface area contributed by atoms with E-state index in [1.54, 1.807) is 6.92 Å². The van der Waals surface area contributed by atoms with Crippen molar-refractivity contribution < 1.29 is 68.8 Å². The van der Waals surface area contributed by atoms with Gasteiger partial charge in [0.1, 0.15) is 11.5 Å². The number of hydrogen-bond acceptors (Lipinski definition) is 9. The summed E-state index contributed by atoms with van der Waals surface area (Å²) in [5.74, 6) is 7.39. The van der Waals surface area contributed by atoms with Crippen LogP contribution < -0.4 is 39.0 Å². The monoisotopic (exact) mass is 976 g/mol. The Morgan fingerprint density at radius 2 is 0.957 bits per heavy atom. The third kappa shape index (κ3) is 18.3. The van der Waals surface area contributed by atoms with Gasteiger partial charge in [0.05, 0.1) is 30.7 Å². The molecule has 4 N–H and O–H groups in total. The van der Waals surface area contributed by atoms with Crippen LogP contribution in [-0.2, 0) is 27.4 Å². The first-order chi connectivity index (χ1) is 33.0. The number of carbonyl (C=O) groups is 2. The largest absolute Gasteiger partial charge is 1.00 e. The molecular formula is C58H86N3NaO8. The predicted molar refractivity (Wildman–Crippen MR) is 279 cm³/mol. The number of esters is 1. The number of nitrogens with one attached hydrogen (secondary N) is 1. The summed E-state index contributed by atoms with van der Waals surface area (Å²) in [4.78, 5) is 28.1. The molecule has 382 valence electrons. The maximum absolute atomic E-state index is 12.1. The van der Waals surface area contributed by atoms with Crippen LogP contribution in [0.2, 0.25) is 0 Å². The normalized spacial score (nSPS) is 23.2. The topological polar surface area (TPSA) is 153 Å². The van der Waals surface area contributed by atoms with Crippen LogP contribution in [0.5, 0.6) is 11.5 Å². The Morgan fingerprint density at radius 3 is 1.34 bits per heavy atom. The SMILES string of the molecule is CC(C)(C)C1CCC(Oc2ccc3cc(CN4CCC[C@H](C(=O)O)C4)ccc3c2)CC1.CCO.CCOC(=O)[C@H]1CCCN(Cc2ccc3cc(OC4CCC(C(C)(C)C)CC4)ccc3c2)C1.[NH-]O.[Na+]. The molecule has 2 saturated heterocycles. The number of rotatable bonds is 11. The summed E-state index contributed by atoms with van der Waals surface area (Å²) in [5.41, 5.74) is 3.34. The molecule has 2 aliphatic heterocycles. The van der Waals surface area contributed by atoms with Crippen molar-refractivity contribution in [1.82, 2.24) is 9.80 Å². The average molecular weight is 976 g/mol. The fourth-order valence-electron chi connectivity index (χ4n) is 10.9. The Balaban J connectivity index is 0.000000276. The fraction of sp³-hybridized carbons (Fsp3) is 0.621. The molecule has 2 heterocycles. The Morgan fingerprint density at radius 1 is 0.586 bits per heavy atom. The van der Waals surface area contributed by atoms with Crippen molar-refractivity contribution in [3.05, 3.63) is 89.8 Å². The summed E-state index contributed by atoms with van der Waals surface area (Å²) in [6.07, 6.45) is 14.0. The van der Waals surface area contributed by atoms with E-state index >= 15 is 0 Å². The molecule has 4 fully saturated rings. The maximum atomic E-state index is 12.1. The average Bonchev–Trinajstić information content (AvgIpc) is 3.33. The van der Waals surface area contributed by atoms with Gasteiger partial charge in [0.25, 0.3) is 0 Å². The molecule has 0 unspecified atom stereocenters. The molecule has 11 nitrogen and oxygen atoms in total. The molecule has 4 aromatic rings. The Bertz CT molecular complexity index is 2190. The Labute approximate surface area is 442 Å². The van der Waals surface area contributed by atoms with Crippen molar-refractivity contribution >= 4 is 33.5 Å². The van der Waals surface area contributed by atoms with Gasteiger partial charge in [-0.05, 0) is 196 Å². The van der Waals surface area contributed by atoms with Crippen molar-refractivity contribution in [3.63, 3.8) is 0 Å². The van der Waals surface area contributed by atoms with Gasteiger partial charge in [-0.15, -0.1) is 0 Å². The van der Waals surface area contributed by atoms with Gasteiger partial charge in [-0.25, -0.2) is 0 Å². The third-order valence-corrected chi connectivity index (χ3v) is 14.9. The number of likely N-dealkylation sites (tertiary alicyclic amines) is 2. The fourth-order valence-corrected chi connectivity index (χ4v) is 10.9. The van der Waals surface area contributed by atoms with E-state index < -0.39 is 5.97 Å². The van der Waals surface area contributed by atoms with Crippen molar-refractivity contribution in [2.45, 2.75) is 158 Å². The van der Waals surface area contributed by atoms with E-state index in [0.717, 1.165) is 107 Å². The van der Waals surface area contributed by atoms with Gasteiger partial charge in [0, 0.05) is 32.8 Å². The molecule has 0 amide bonds. The second-order valence-corrected chi connectivity index (χ2v) is 22.2. The Kier molecular flexibility index (Phi) is 24.4. The molecule has 8 rings (SSSR count). The minimum absolute atomic E-state index is 0. The zero-order chi connectivity index (χ0) is 50.1. The van der Waals surface area contributed by atoms with Crippen LogP contribution in [0.25, 0.3) is 27.4 Å². The summed E-state index contributed by atoms with van der Waals surface area (Å²) in [6.45, 7) is 23.6. The van der Waals surface area contributed by atoms with E-state index in [-0.39, 0.29) is 54.0 Å². The van der Waals surface area contributed by atoms with E-state index in [1.807, 2.05) is 6.92 Å². The van der Waals surface area contributed by atoms with Crippen LogP contribution in [-0.4, -0.2) is 88.8 Å². The number of aliphatic hydroxyl groups excluding tert-OH is 1. The maximum Gasteiger partial charge on any atom is 1.00 e. The van der Waals surface area contributed by atoms with E-state index in [0.29, 0.717) is 36.2 Å². The molecule has 2 atom stereocenters. The van der Waals surface area contributed by atoms with Crippen LogP contribution >= 0.6 is 0 Å². The summed E-state index contributed by atoms with van der Waals surface area (Å²) < 4.78 is 18.0. The molecule has 0 aromatic heterocycles. The molecule has 0 radical (unpaired) electrons. The van der Waals surface area contributed by atoms with Gasteiger partial charge in [0.2, 0.25) is 0 Å². The van der Waals surface area contributed by atoms with E-state index in [2.05, 4.69) is 124 Å². The number of ether oxygens (including phenoxy) is 3. The van der Waals surface area contributed by atoms with Crippen LogP contribution in [0.1, 0.15) is 144 Å². The zero-order valence-corrected chi connectivity index (χ0v) is 46.3. The van der Waals surface area contributed by atoms with Gasteiger partial charge in [-0.2, -0.15) is 0 Å². The second kappa shape index (κ2) is 28.8. The van der Waals surface area contributed by atoms with Gasteiger partial charge >= 0.3 is 41.5 Å². The molecule has 2 aliphatic carbocycles. The summed E-state index contributed by atoms with van der Waals surface area (Å²) >= 11 is 0. The summed E-state index contributed by atoms with van der Waals surface area (Å²) in [5, 5.41) is 28.0. The third-order valence-electron chi connectivity index (χ3n) is 14.9. The molecule has 70 heavy (non-hydrogen) atoms. The molecule has 4 aliphatic rings. The van der Waals surface area contributed by atoms with Crippen molar-refractivity contribution in [2.75, 3.05) is 39.4 Å². The summed E-state index contributed by atoms with van der Waals surface area (Å²) in [7, 11) is 0. The molecule has 2 saturated carbocycles. The first kappa shape index (κ1) is 59.3. The summed E-state index contributed by atoms with van der Waals surface area (Å²) in [6, 6.07) is 26.2. The number of piperidine rings is 2. The number of nitrogens with zero attached hydrogens (tertiary/aromatic N) is 2. The van der Waals surface area contributed by atoms with Crippen LogP contribution in [0.4, 0.5) is 0 Å². The predicted octanol–water partition coefficient (Wildman–Crippen LogP) is 10.1. The minimum Gasteiger partial charge on any atom is -0.553 e. The number of carboxylic acid groups (broad SMARTS) is 1. The van der Waals surface area contributed by atoms with E-state index in [4.69, 9.17) is 30.4 Å². The number of carboxylic acids is 1. The number of hydrogen-bond donors (Lipinski definition) is 3. The number of aliphatic carboxylic acids is 1. The number of benzene rings is 4. The minimum atomic E-state index is -0.664. The van der Waals surface area contributed by atoms with E-state index in [1.165, 1.54) is 58.4 Å². The number of carbonyl (C=O) groups excluding carboxylic acids is 1. The number of fused-ring (bicyclic) bond motifs is 2. The van der Waals surface area contributed by atoms with Gasteiger partial charge in [0.15, 0.2) is 0 Å². The first-order valence-corrected chi connectivity index (χ1v) is 26.1.